The molecule has 8 heteroatoms. The molecule has 0 aliphatic carbocycles. The fourth-order valence-electron chi connectivity index (χ4n) is 4.54. The number of benzene rings is 3. The average molecular weight is 474 g/mol. The Labute approximate surface area is 202 Å². The second-order valence-corrected chi connectivity index (χ2v) is 8.53. The minimum absolute atomic E-state index is 0.0634. The monoisotopic (exact) mass is 473 g/mol. The normalized spacial score (nSPS) is 14.2. The van der Waals surface area contributed by atoms with Crippen LogP contribution in [0.1, 0.15) is 12.8 Å². The molecule has 1 aliphatic heterocycles. The SMILES string of the molecule is COc1ccccc1NC(=O)C1CCN(C(=O)Nc2cc3oc4ccccc4c3cc2OC)CC1. The van der Waals surface area contributed by atoms with Crippen molar-refractivity contribution in [2.75, 3.05) is 37.9 Å². The van der Waals surface area contributed by atoms with Crippen LogP contribution in [-0.4, -0.2) is 44.1 Å². The van der Waals surface area contributed by atoms with Gasteiger partial charge in [0.25, 0.3) is 0 Å². The highest BCUT2D eigenvalue weighted by molar-refractivity contribution is 6.07. The fraction of sp³-hybridized carbons (Fsp3) is 0.259. The largest absolute Gasteiger partial charge is 0.495 e. The maximum Gasteiger partial charge on any atom is 0.321 e. The lowest BCUT2D eigenvalue weighted by Gasteiger charge is -2.31. The number of piperidine rings is 1. The Morgan fingerprint density at radius 2 is 1.54 bits per heavy atom. The molecule has 0 radical (unpaired) electrons. The van der Waals surface area contributed by atoms with Gasteiger partial charge in [-0.2, -0.15) is 0 Å². The molecule has 2 heterocycles. The van der Waals surface area contributed by atoms with Crippen molar-refractivity contribution >= 4 is 45.3 Å². The number of anilines is 2. The molecule has 1 aromatic heterocycles. The molecule has 3 aromatic carbocycles. The van der Waals surface area contributed by atoms with E-state index in [0.717, 1.165) is 16.4 Å². The lowest BCUT2D eigenvalue weighted by Crippen LogP contribution is -2.43. The number of amides is 3. The van der Waals surface area contributed by atoms with Gasteiger partial charge in [0.2, 0.25) is 5.91 Å². The van der Waals surface area contributed by atoms with Gasteiger partial charge in [0.05, 0.1) is 25.6 Å². The number of ether oxygens (including phenoxy) is 2. The van der Waals surface area contributed by atoms with Crippen molar-refractivity contribution < 1.29 is 23.5 Å². The molecular weight excluding hydrogens is 446 g/mol. The second kappa shape index (κ2) is 9.58. The number of rotatable bonds is 5. The summed E-state index contributed by atoms with van der Waals surface area (Å²) >= 11 is 0. The van der Waals surface area contributed by atoms with Gasteiger partial charge in [0.1, 0.15) is 22.7 Å². The van der Waals surface area contributed by atoms with Gasteiger partial charge in [-0.15, -0.1) is 0 Å². The van der Waals surface area contributed by atoms with E-state index in [4.69, 9.17) is 13.9 Å². The average Bonchev–Trinajstić information content (AvgIpc) is 3.25. The molecule has 0 atom stereocenters. The van der Waals surface area contributed by atoms with Crippen LogP contribution in [0.2, 0.25) is 0 Å². The van der Waals surface area contributed by atoms with E-state index in [9.17, 15) is 9.59 Å². The van der Waals surface area contributed by atoms with Gasteiger partial charge < -0.3 is 29.4 Å². The lowest BCUT2D eigenvalue weighted by atomic mass is 9.96. The quantitative estimate of drug-likeness (QED) is 0.400. The maximum absolute atomic E-state index is 13.0. The number of likely N-dealkylation sites (tertiary alicyclic amines) is 1. The number of nitrogens with zero attached hydrogens (tertiary/aromatic N) is 1. The number of hydrogen-bond acceptors (Lipinski definition) is 5. The number of urea groups is 1. The number of nitrogens with one attached hydrogen (secondary N) is 2. The molecule has 1 aliphatic rings. The molecule has 4 aromatic rings. The highest BCUT2D eigenvalue weighted by Crippen LogP contribution is 2.36. The third-order valence-corrected chi connectivity index (χ3v) is 6.46. The Kier molecular flexibility index (Phi) is 6.18. The summed E-state index contributed by atoms with van der Waals surface area (Å²) in [6.45, 7) is 0.954. The van der Waals surface area contributed by atoms with Crippen molar-refractivity contribution in [3.63, 3.8) is 0 Å². The zero-order chi connectivity index (χ0) is 24.4. The molecule has 0 bridgehead atoms. The maximum atomic E-state index is 13.0. The molecule has 5 rings (SSSR count). The van der Waals surface area contributed by atoms with Crippen LogP contribution in [-0.2, 0) is 4.79 Å². The Hall–Kier alpha value is -4.20. The van der Waals surface area contributed by atoms with E-state index >= 15 is 0 Å². The Morgan fingerprint density at radius 3 is 2.31 bits per heavy atom. The summed E-state index contributed by atoms with van der Waals surface area (Å²) in [6, 6.07) is 18.5. The van der Waals surface area contributed by atoms with Gasteiger partial charge in [0.15, 0.2) is 0 Å². The van der Waals surface area contributed by atoms with Crippen LogP contribution in [0.4, 0.5) is 16.2 Å². The zero-order valence-electron chi connectivity index (χ0n) is 19.7. The number of carbonyl (C=O) groups is 2. The van der Waals surface area contributed by atoms with Crippen LogP contribution < -0.4 is 20.1 Å². The first kappa shape index (κ1) is 22.6. The van der Waals surface area contributed by atoms with E-state index in [0.29, 0.717) is 54.4 Å². The molecular formula is C27H27N3O5. The first-order valence-electron chi connectivity index (χ1n) is 11.6. The predicted octanol–water partition coefficient (Wildman–Crippen LogP) is 5.49. The fourth-order valence-corrected chi connectivity index (χ4v) is 4.54. The zero-order valence-corrected chi connectivity index (χ0v) is 19.7. The van der Waals surface area contributed by atoms with Crippen LogP contribution in [0, 0.1) is 5.92 Å². The van der Waals surface area contributed by atoms with Crippen molar-refractivity contribution in [3.8, 4) is 11.5 Å². The standard InChI is InChI=1S/C27H27N3O5/c1-33-23-10-6-4-8-20(23)28-26(31)17-11-13-30(14-12-17)27(32)29-21-16-24-19(15-25(21)34-2)18-7-3-5-9-22(18)35-24/h3-10,15-17H,11-14H2,1-2H3,(H,28,31)(H,29,32). The number of methoxy groups -OCH3 is 2. The Bertz CT molecular complexity index is 1390. The van der Waals surface area contributed by atoms with Crippen LogP contribution in [0.5, 0.6) is 11.5 Å². The molecule has 0 spiro atoms. The van der Waals surface area contributed by atoms with E-state index in [-0.39, 0.29) is 17.9 Å². The summed E-state index contributed by atoms with van der Waals surface area (Å²) in [4.78, 5) is 27.5. The molecule has 1 fully saturated rings. The highest BCUT2D eigenvalue weighted by Gasteiger charge is 2.28. The van der Waals surface area contributed by atoms with E-state index < -0.39 is 0 Å². The van der Waals surface area contributed by atoms with E-state index in [2.05, 4.69) is 10.6 Å². The summed E-state index contributed by atoms with van der Waals surface area (Å²) < 4.78 is 16.8. The number of para-hydroxylation sites is 3. The topological polar surface area (TPSA) is 93.0 Å². The summed E-state index contributed by atoms with van der Waals surface area (Å²) in [5.41, 5.74) is 2.64. The van der Waals surface area contributed by atoms with E-state index in [1.54, 1.807) is 31.3 Å². The van der Waals surface area contributed by atoms with E-state index in [1.807, 2.05) is 48.5 Å². The third-order valence-electron chi connectivity index (χ3n) is 6.46. The molecule has 0 unspecified atom stereocenters. The predicted molar refractivity (Wildman–Crippen MR) is 135 cm³/mol. The first-order valence-corrected chi connectivity index (χ1v) is 11.6. The molecule has 2 N–H and O–H groups in total. The van der Waals surface area contributed by atoms with Crippen LogP contribution >= 0.6 is 0 Å². The van der Waals surface area contributed by atoms with Gasteiger partial charge in [-0.05, 0) is 37.1 Å². The smallest absolute Gasteiger partial charge is 0.321 e. The molecule has 35 heavy (non-hydrogen) atoms. The summed E-state index contributed by atoms with van der Waals surface area (Å²) in [5, 5.41) is 7.82. The minimum atomic E-state index is -0.234. The Morgan fingerprint density at radius 1 is 0.829 bits per heavy atom. The number of furan rings is 1. The van der Waals surface area contributed by atoms with Crippen molar-refractivity contribution in [2.45, 2.75) is 12.8 Å². The van der Waals surface area contributed by atoms with Crippen molar-refractivity contribution in [3.05, 3.63) is 60.7 Å². The Balaban J connectivity index is 1.24. The summed E-state index contributed by atoms with van der Waals surface area (Å²) in [7, 11) is 3.15. The van der Waals surface area contributed by atoms with Crippen molar-refractivity contribution in [1.29, 1.82) is 0 Å². The van der Waals surface area contributed by atoms with Crippen LogP contribution in [0.3, 0.4) is 0 Å². The lowest BCUT2D eigenvalue weighted by molar-refractivity contribution is -0.121. The highest BCUT2D eigenvalue weighted by atomic mass is 16.5. The van der Waals surface area contributed by atoms with Gasteiger partial charge in [-0.25, -0.2) is 4.79 Å². The third kappa shape index (κ3) is 4.47. The number of fused-ring (bicyclic) bond motifs is 3. The van der Waals surface area contributed by atoms with Crippen LogP contribution in [0.25, 0.3) is 21.9 Å². The van der Waals surface area contributed by atoms with Crippen molar-refractivity contribution in [2.24, 2.45) is 5.92 Å². The van der Waals surface area contributed by atoms with Crippen LogP contribution in [0.15, 0.2) is 65.1 Å². The minimum Gasteiger partial charge on any atom is -0.495 e. The van der Waals surface area contributed by atoms with E-state index in [1.165, 1.54) is 0 Å². The molecule has 8 nitrogen and oxygen atoms in total. The summed E-state index contributed by atoms with van der Waals surface area (Å²) in [5.74, 6) is 0.938. The number of hydrogen-bond donors (Lipinski definition) is 2. The molecule has 3 amide bonds. The van der Waals surface area contributed by atoms with Gasteiger partial charge in [-0.3, -0.25) is 4.79 Å². The van der Waals surface area contributed by atoms with Gasteiger partial charge in [0, 0.05) is 35.8 Å². The number of carbonyl (C=O) groups excluding carboxylic acids is 2. The summed E-state index contributed by atoms with van der Waals surface area (Å²) in [6.07, 6.45) is 1.16. The first-order chi connectivity index (χ1) is 17.1. The second-order valence-electron chi connectivity index (χ2n) is 8.53. The van der Waals surface area contributed by atoms with Gasteiger partial charge in [-0.1, -0.05) is 30.3 Å². The van der Waals surface area contributed by atoms with Crippen molar-refractivity contribution in [1.82, 2.24) is 4.90 Å². The molecule has 0 saturated carbocycles. The molecule has 180 valence electrons. The molecule has 1 saturated heterocycles. The van der Waals surface area contributed by atoms with Gasteiger partial charge >= 0.3 is 6.03 Å².